The third-order valence-corrected chi connectivity index (χ3v) is 11.5. The Labute approximate surface area is 258 Å². The smallest absolute Gasteiger partial charge is 0.293 e. The molecule has 1 heterocycles. The SMILES string of the molecule is Cc1ccc(S(=O)(=O)C2CC(=CC#CC[C@@H](C(=O)c3ccccc3)S(=O)(=O)c3ccc(C)cc3)[O+]=C2c2ccccc2)cc1. The van der Waals surface area contributed by atoms with Crippen LogP contribution >= 0.6 is 0 Å². The number of hydrogen-bond donors (Lipinski definition) is 0. The van der Waals surface area contributed by atoms with Crippen molar-refractivity contribution in [1.29, 1.82) is 0 Å². The Morgan fingerprint density at radius 2 is 1.34 bits per heavy atom. The normalized spacial score (nSPS) is 16.5. The number of allylic oxidation sites excluding steroid dienone is 2. The van der Waals surface area contributed by atoms with Gasteiger partial charge in [-0.25, -0.2) is 21.3 Å². The predicted molar refractivity (Wildman–Crippen MR) is 171 cm³/mol. The first-order valence-corrected chi connectivity index (χ1v) is 17.1. The summed E-state index contributed by atoms with van der Waals surface area (Å²) in [4.78, 5) is 13.7. The average Bonchev–Trinajstić information content (AvgIpc) is 3.47. The van der Waals surface area contributed by atoms with E-state index in [1.807, 2.05) is 19.9 Å². The standard InChI is InChI=1S/C36H31O6S2/c1-26-17-21-31(22-18-26)43(38,39)33(35(37)28-11-5-3-6-12-28)16-10-9-15-30-25-34(36(42-30)29-13-7-4-8-14-29)44(40,41)32-23-19-27(2)20-24-32/h3-8,11-15,17-24,33-34H,16,25H2,1-2H3/q+1/t33-,34?/m0/s1. The molecule has 2 atom stereocenters. The van der Waals surface area contributed by atoms with Crippen LogP contribution in [0.1, 0.15) is 44.3 Å². The van der Waals surface area contributed by atoms with Gasteiger partial charge in [-0.15, -0.1) is 0 Å². The van der Waals surface area contributed by atoms with Crippen LogP contribution in [0.4, 0.5) is 0 Å². The van der Waals surface area contributed by atoms with Crippen LogP contribution < -0.4 is 0 Å². The summed E-state index contributed by atoms with van der Waals surface area (Å²) in [6.45, 7) is 3.74. The molecule has 8 heteroatoms. The number of sulfone groups is 2. The molecule has 1 unspecified atom stereocenters. The molecule has 0 radical (unpaired) electrons. The summed E-state index contributed by atoms with van der Waals surface area (Å²) in [5.74, 6) is 5.75. The fourth-order valence-corrected chi connectivity index (χ4v) is 8.17. The molecule has 0 bridgehead atoms. The van der Waals surface area contributed by atoms with E-state index < -0.39 is 36.0 Å². The van der Waals surface area contributed by atoms with Crippen LogP contribution in [0.25, 0.3) is 0 Å². The highest BCUT2D eigenvalue weighted by atomic mass is 32.2. The van der Waals surface area contributed by atoms with Gasteiger partial charge in [-0.2, -0.15) is 0 Å². The molecule has 4 aromatic carbocycles. The summed E-state index contributed by atoms with van der Waals surface area (Å²) in [5.41, 5.74) is 2.76. The second kappa shape index (κ2) is 13.0. The van der Waals surface area contributed by atoms with Crippen LogP contribution in [0, 0.1) is 25.7 Å². The molecule has 1 aliphatic rings. The van der Waals surface area contributed by atoms with Crippen LogP contribution in [0.15, 0.2) is 131 Å². The van der Waals surface area contributed by atoms with Crippen LogP contribution in [0.5, 0.6) is 0 Å². The molecule has 1 aliphatic heterocycles. The molecule has 0 saturated heterocycles. The quantitative estimate of drug-likeness (QED) is 0.131. The molecule has 0 aliphatic carbocycles. The van der Waals surface area contributed by atoms with E-state index in [1.54, 1.807) is 91.0 Å². The minimum absolute atomic E-state index is 0.0444. The molecular formula is C36H31O6S2+. The molecule has 0 fully saturated rings. The zero-order chi connectivity index (χ0) is 31.3. The molecule has 0 N–H and O–H groups in total. The third kappa shape index (κ3) is 6.65. The second-order valence-electron chi connectivity index (χ2n) is 10.6. The van der Waals surface area contributed by atoms with Crippen molar-refractivity contribution < 1.29 is 26.1 Å². The zero-order valence-corrected chi connectivity index (χ0v) is 25.9. The first kappa shape index (κ1) is 30.9. The Morgan fingerprint density at radius 3 is 1.93 bits per heavy atom. The molecule has 0 spiro atoms. The van der Waals surface area contributed by atoms with E-state index in [0.29, 0.717) is 17.1 Å². The highest BCUT2D eigenvalue weighted by Crippen LogP contribution is 2.31. The largest absolute Gasteiger partial charge is 0.355 e. The summed E-state index contributed by atoms with van der Waals surface area (Å²) in [6, 6.07) is 30.3. The molecule has 4 aromatic rings. The van der Waals surface area contributed by atoms with Crippen molar-refractivity contribution in [3.63, 3.8) is 0 Å². The van der Waals surface area contributed by atoms with Crippen molar-refractivity contribution in [2.45, 2.75) is 47.0 Å². The maximum atomic E-state index is 13.7. The van der Waals surface area contributed by atoms with Gasteiger partial charge in [0.25, 0.3) is 0 Å². The molecule has 0 saturated carbocycles. The van der Waals surface area contributed by atoms with E-state index >= 15 is 0 Å². The summed E-state index contributed by atoms with van der Waals surface area (Å²) in [6.07, 6.45) is 1.26. The Balaban J connectivity index is 1.46. The van der Waals surface area contributed by atoms with E-state index in [1.165, 1.54) is 18.2 Å². The van der Waals surface area contributed by atoms with Crippen LogP contribution in [0.2, 0.25) is 0 Å². The van der Waals surface area contributed by atoms with E-state index in [0.717, 1.165) is 11.1 Å². The summed E-state index contributed by atoms with van der Waals surface area (Å²) >= 11 is 0. The minimum Gasteiger partial charge on any atom is -0.293 e. The van der Waals surface area contributed by atoms with Gasteiger partial charge < -0.3 is 0 Å². The molecule has 0 aromatic heterocycles. The first-order valence-electron chi connectivity index (χ1n) is 14.1. The van der Waals surface area contributed by atoms with E-state index in [9.17, 15) is 21.6 Å². The lowest BCUT2D eigenvalue weighted by molar-refractivity contribution is -0.194. The van der Waals surface area contributed by atoms with Crippen molar-refractivity contribution in [1.82, 2.24) is 0 Å². The number of rotatable bonds is 8. The van der Waals surface area contributed by atoms with Crippen LogP contribution in [-0.4, -0.2) is 38.9 Å². The van der Waals surface area contributed by atoms with Gasteiger partial charge in [0.15, 0.2) is 30.7 Å². The van der Waals surface area contributed by atoms with Crippen LogP contribution in [0.3, 0.4) is 0 Å². The van der Waals surface area contributed by atoms with E-state index in [4.69, 9.17) is 4.42 Å². The average molecular weight is 624 g/mol. The Kier molecular flexibility index (Phi) is 9.09. The molecule has 44 heavy (non-hydrogen) atoms. The summed E-state index contributed by atoms with van der Waals surface area (Å²) in [7, 11) is -7.86. The van der Waals surface area contributed by atoms with Gasteiger partial charge in [0, 0.05) is 12.0 Å². The van der Waals surface area contributed by atoms with Gasteiger partial charge in [0.05, 0.1) is 27.9 Å². The molecule has 222 valence electrons. The van der Waals surface area contributed by atoms with E-state index in [2.05, 4.69) is 11.8 Å². The van der Waals surface area contributed by atoms with Crippen molar-refractivity contribution in [3.05, 3.63) is 143 Å². The number of ketones is 2. The van der Waals surface area contributed by atoms with Gasteiger partial charge in [-0.1, -0.05) is 95.8 Å². The summed E-state index contributed by atoms with van der Waals surface area (Å²) < 4.78 is 60.7. The minimum atomic E-state index is -4.06. The van der Waals surface area contributed by atoms with Crippen molar-refractivity contribution in [2.24, 2.45) is 0 Å². The fourth-order valence-electron chi connectivity index (χ4n) is 4.91. The zero-order valence-electron chi connectivity index (χ0n) is 24.3. The second-order valence-corrected chi connectivity index (χ2v) is 14.9. The molecule has 0 amide bonds. The lowest BCUT2D eigenvalue weighted by atomic mass is 10.1. The lowest BCUT2D eigenvalue weighted by Crippen LogP contribution is -2.30. The van der Waals surface area contributed by atoms with Gasteiger partial charge in [-0.05, 0) is 50.2 Å². The highest BCUT2D eigenvalue weighted by molar-refractivity contribution is 7.93. The molecular weight excluding hydrogens is 593 g/mol. The highest BCUT2D eigenvalue weighted by Gasteiger charge is 2.48. The first-order chi connectivity index (χ1) is 21.1. The Bertz CT molecular complexity index is 2000. The predicted octanol–water partition coefficient (Wildman–Crippen LogP) is 6.27. The van der Waals surface area contributed by atoms with Crippen molar-refractivity contribution in [3.8, 4) is 11.8 Å². The molecule has 6 nitrogen and oxygen atoms in total. The molecule has 5 rings (SSSR count). The van der Waals surface area contributed by atoms with Crippen LogP contribution in [-0.2, 0) is 19.7 Å². The topological polar surface area (TPSA) is 96.6 Å². The number of benzene rings is 4. The number of carbonyl (C=O) groups is 1. The number of hydrogen-bond acceptors (Lipinski definition) is 5. The lowest BCUT2D eigenvalue weighted by Gasteiger charge is -2.15. The summed E-state index contributed by atoms with van der Waals surface area (Å²) in [5, 5.41) is -2.39. The van der Waals surface area contributed by atoms with Gasteiger partial charge in [0.1, 0.15) is 5.25 Å². The number of aryl methyl sites for hydroxylation is 2. The Hall–Kier alpha value is -4.58. The van der Waals surface area contributed by atoms with Crippen molar-refractivity contribution in [2.75, 3.05) is 0 Å². The monoisotopic (exact) mass is 623 g/mol. The maximum absolute atomic E-state index is 13.7. The van der Waals surface area contributed by atoms with Crippen molar-refractivity contribution >= 4 is 31.2 Å². The van der Waals surface area contributed by atoms with Gasteiger partial charge >= 0.3 is 11.5 Å². The number of Topliss-reactive ketones (excluding diaryl/α,β-unsaturated/α-hetero) is 1. The fraction of sp³-hybridized carbons (Fsp3) is 0.167. The van der Waals surface area contributed by atoms with Gasteiger partial charge in [0.2, 0.25) is 0 Å². The van der Waals surface area contributed by atoms with E-state index in [-0.39, 0.29) is 28.2 Å². The number of carbonyl (C=O) groups excluding carboxylic acids is 2. The maximum Gasteiger partial charge on any atom is 0.355 e. The Morgan fingerprint density at radius 1 is 0.795 bits per heavy atom. The van der Waals surface area contributed by atoms with Gasteiger partial charge in [-0.3, -0.25) is 4.79 Å². The third-order valence-electron chi connectivity index (χ3n) is 7.40.